The Morgan fingerprint density at radius 1 is 1.19 bits per heavy atom. The molecule has 0 saturated heterocycles. The fourth-order valence-electron chi connectivity index (χ4n) is 2.67. The molecule has 2 N–H and O–H groups in total. The van der Waals surface area contributed by atoms with Gasteiger partial charge in [-0.2, -0.15) is 5.10 Å². The molecule has 3 rings (SSSR count). The summed E-state index contributed by atoms with van der Waals surface area (Å²) in [6.07, 6.45) is 5.43. The van der Waals surface area contributed by atoms with Gasteiger partial charge in [0.05, 0.1) is 5.69 Å². The molecule has 7 heteroatoms. The second-order valence-corrected chi connectivity index (χ2v) is 6.17. The van der Waals surface area contributed by atoms with Gasteiger partial charge in [-0.05, 0) is 49.6 Å². The van der Waals surface area contributed by atoms with Crippen LogP contribution in [0.3, 0.4) is 0 Å². The Morgan fingerprint density at radius 2 is 1.96 bits per heavy atom. The quantitative estimate of drug-likeness (QED) is 0.667. The maximum absolute atomic E-state index is 12.1. The molecule has 0 radical (unpaired) electrons. The summed E-state index contributed by atoms with van der Waals surface area (Å²) in [6.45, 7) is 3.95. The molecule has 0 aliphatic rings. The number of nitrogens with zero attached hydrogens (tertiary/aromatic N) is 3. The highest BCUT2D eigenvalue weighted by Crippen LogP contribution is 2.10. The molecule has 0 unspecified atom stereocenters. The maximum Gasteiger partial charge on any atom is 0.251 e. The minimum Gasteiger partial charge on any atom is -0.352 e. The zero-order valence-electron chi connectivity index (χ0n) is 14.8. The van der Waals surface area contributed by atoms with Crippen molar-refractivity contribution in [3.05, 3.63) is 59.5 Å². The van der Waals surface area contributed by atoms with E-state index in [1.165, 1.54) is 6.92 Å². The van der Waals surface area contributed by atoms with Crippen LogP contribution in [0.15, 0.2) is 42.7 Å². The minimum absolute atomic E-state index is 0.129. The van der Waals surface area contributed by atoms with Crippen LogP contribution in [-0.2, 0) is 11.2 Å². The lowest BCUT2D eigenvalue weighted by atomic mass is 10.1. The molecule has 0 spiro atoms. The summed E-state index contributed by atoms with van der Waals surface area (Å²) >= 11 is 0. The topological polar surface area (TPSA) is 88.4 Å². The van der Waals surface area contributed by atoms with Crippen LogP contribution in [0.25, 0.3) is 5.65 Å². The number of amides is 2. The first-order chi connectivity index (χ1) is 12.5. The number of hydrogen-bond donors (Lipinski definition) is 2. The molecule has 2 amide bonds. The van der Waals surface area contributed by atoms with E-state index >= 15 is 0 Å². The molecule has 0 aliphatic heterocycles. The van der Waals surface area contributed by atoms with E-state index in [0.717, 1.165) is 29.7 Å². The average molecular weight is 351 g/mol. The van der Waals surface area contributed by atoms with Gasteiger partial charge in [0.25, 0.3) is 5.91 Å². The number of fused-ring (bicyclic) bond motifs is 1. The number of anilines is 1. The molecule has 7 nitrogen and oxygen atoms in total. The summed E-state index contributed by atoms with van der Waals surface area (Å²) < 4.78 is 1.78. The van der Waals surface area contributed by atoms with E-state index in [4.69, 9.17) is 0 Å². The number of carbonyl (C=O) groups is 2. The van der Waals surface area contributed by atoms with Crippen molar-refractivity contribution in [1.29, 1.82) is 0 Å². The number of hydrogen-bond acceptors (Lipinski definition) is 4. The van der Waals surface area contributed by atoms with Gasteiger partial charge >= 0.3 is 0 Å². The summed E-state index contributed by atoms with van der Waals surface area (Å²) in [7, 11) is 0. The number of carbonyl (C=O) groups excluding carboxylic acids is 2. The van der Waals surface area contributed by atoms with Crippen molar-refractivity contribution in [2.24, 2.45) is 0 Å². The Bertz CT molecular complexity index is 931. The molecular formula is C19H21N5O2. The molecule has 0 aliphatic carbocycles. The maximum atomic E-state index is 12.1. The molecule has 0 atom stereocenters. The SMILES string of the molecule is CC(=O)Nc1ccc(C(=O)NCCCc2cnc3cc(C)nn3c2)cc1. The van der Waals surface area contributed by atoms with Gasteiger partial charge < -0.3 is 10.6 Å². The number of rotatable bonds is 6. The number of aryl methyl sites for hydroxylation is 2. The third kappa shape index (κ3) is 4.44. The Morgan fingerprint density at radius 3 is 2.69 bits per heavy atom. The lowest BCUT2D eigenvalue weighted by Crippen LogP contribution is -2.24. The molecule has 26 heavy (non-hydrogen) atoms. The fourth-order valence-corrected chi connectivity index (χ4v) is 2.67. The van der Waals surface area contributed by atoms with Crippen molar-refractivity contribution in [3.8, 4) is 0 Å². The second-order valence-electron chi connectivity index (χ2n) is 6.17. The third-order valence-electron chi connectivity index (χ3n) is 3.88. The predicted octanol–water partition coefficient (Wildman–Crippen LogP) is 2.36. The van der Waals surface area contributed by atoms with Crippen LogP contribution in [0.5, 0.6) is 0 Å². The zero-order chi connectivity index (χ0) is 18.5. The van der Waals surface area contributed by atoms with Crippen LogP contribution in [0.2, 0.25) is 0 Å². The molecule has 0 bridgehead atoms. The Labute approximate surface area is 151 Å². The monoisotopic (exact) mass is 351 g/mol. The van der Waals surface area contributed by atoms with Gasteiger partial charge in [-0.25, -0.2) is 9.50 Å². The summed E-state index contributed by atoms with van der Waals surface area (Å²) in [5.41, 5.74) is 4.09. The van der Waals surface area contributed by atoms with E-state index in [0.29, 0.717) is 17.8 Å². The Balaban J connectivity index is 1.47. The fraction of sp³-hybridized carbons (Fsp3) is 0.263. The summed E-state index contributed by atoms with van der Waals surface area (Å²) in [5, 5.41) is 9.93. The third-order valence-corrected chi connectivity index (χ3v) is 3.88. The van der Waals surface area contributed by atoms with Gasteiger partial charge in [-0.15, -0.1) is 0 Å². The standard InChI is InChI=1S/C19H21N5O2/c1-13-10-18-21-11-15(12-24(18)23-13)4-3-9-20-19(26)16-5-7-17(8-6-16)22-14(2)25/h5-8,10-12H,3-4,9H2,1-2H3,(H,20,26)(H,22,25). The van der Waals surface area contributed by atoms with Crippen molar-refractivity contribution in [3.63, 3.8) is 0 Å². The van der Waals surface area contributed by atoms with Crippen LogP contribution in [0, 0.1) is 6.92 Å². The Kier molecular flexibility index (Phi) is 5.26. The highest BCUT2D eigenvalue weighted by atomic mass is 16.2. The van der Waals surface area contributed by atoms with Gasteiger partial charge in [0, 0.05) is 43.2 Å². The van der Waals surface area contributed by atoms with Gasteiger partial charge in [0.2, 0.25) is 5.91 Å². The van der Waals surface area contributed by atoms with Gasteiger partial charge in [-0.1, -0.05) is 0 Å². The van der Waals surface area contributed by atoms with Crippen LogP contribution < -0.4 is 10.6 Å². The number of benzene rings is 1. The summed E-state index contributed by atoms with van der Waals surface area (Å²) in [5.74, 6) is -0.268. The van der Waals surface area contributed by atoms with Crippen molar-refractivity contribution in [2.45, 2.75) is 26.7 Å². The van der Waals surface area contributed by atoms with Crippen LogP contribution in [-0.4, -0.2) is 33.0 Å². The van der Waals surface area contributed by atoms with E-state index in [1.54, 1.807) is 28.8 Å². The lowest BCUT2D eigenvalue weighted by molar-refractivity contribution is -0.114. The van der Waals surface area contributed by atoms with E-state index in [-0.39, 0.29) is 11.8 Å². The molecule has 2 heterocycles. The smallest absolute Gasteiger partial charge is 0.251 e. The van der Waals surface area contributed by atoms with Crippen molar-refractivity contribution >= 4 is 23.1 Å². The molecule has 2 aromatic heterocycles. The lowest BCUT2D eigenvalue weighted by Gasteiger charge is -2.07. The number of aromatic nitrogens is 3. The van der Waals surface area contributed by atoms with Crippen LogP contribution >= 0.6 is 0 Å². The van der Waals surface area contributed by atoms with Crippen LogP contribution in [0.1, 0.15) is 35.0 Å². The normalized spacial score (nSPS) is 10.7. The molecule has 1 aromatic carbocycles. The van der Waals surface area contributed by atoms with E-state index in [9.17, 15) is 9.59 Å². The van der Waals surface area contributed by atoms with Gasteiger partial charge in [0.1, 0.15) is 0 Å². The molecular weight excluding hydrogens is 330 g/mol. The second kappa shape index (κ2) is 7.77. The highest BCUT2D eigenvalue weighted by Gasteiger charge is 2.06. The zero-order valence-corrected chi connectivity index (χ0v) is 14.8. The van der Waals surface area contributed by atoms with E-state index in [2.05, 4.69) is 20.7 Å². The first-order valence-corrected chi connectivity index (χ1v) is 8.48. The van der Waals surface area contributed by atoms with Crippen molar-refractivity contribution in [2.75, 3.05) is 11.9 Å². The first-order valence-electron chi connectivity index (χ1n) is 8.48. The molecule has 3 aromatic rings. The summed E-state index contributed by atoms with van der Waals surface area (Å²) in [4.78, 5) is 27.5. The molecule has 134 valence electrons. The van der Waals surface area contributed by atoms with Gasteiger partial charge in [-0.3, -0.25) is 9.59 Å². The van der Waals surface area contributed by atoms with Crippen molar-refractivity contribution < 1.29 is 9.59 Å². The van der Waals surface area contributed by atoms with E-state index in [1.807, 2.05) is 25.4 Å². The average Bonchev–Trinajstić information content (AvgIpc) is 2.98. The largest absolute Gasteiger partial charge is 0.352 e. The molecule has 0 fully saturated rings. The first kappa shape index (κ1) is 17.6. The van der Waals surface area contributed by atoms with Crippen LogP contribution in [0.4, 0.5) is 5.69 Å². The predicted molar refractivity (Wildman–Crippen MR) is 99.1 cm³/mol. The minimum atomic E-state index is -0.139. The highest BCUT2D eigenvalue weighted by molar-refractivity contribution is 5.95. The summed E-state index contributed by atoms with van der Waals surface area (Å²) in [6, 6.07) is 8.74. The number of nitrogens with one attached hydrogen (secondary N) is 2. The Hall–Kier alpha value is -3.22. The van der Waals surface area contributed by atoms with Gasteiger partial charge in [0.15, 0.2) is 5.65 Å². The molecule has 0 saturated carbocycles. The van der Waals surface area contributed by atoms with E-state index < -0.39 is 0 Å². The van der Waals surface area contributed by atoms with Crippen molar-refractivity contribution in [1.82, 2.24) is 19.9 Å².